The van der Waals surface area contributed by atoms with Crippen LogP contribution in [-0.4, -0.2) is 21.8 Å². The highest BCUT2D eigenvalue weighted by atomic mass is 16.4. The second kappa shape index (κ2) is 5.90. The largest absolute Gasteiger partial charge is 0.407 e. The van der Waals surface area contributed by atoms with Crippen molar-refractivity contribution in [3.05, 3.63) is 5.89 Å². The molecule has 0 saturated heterocycles. The lowest BCUT2D eigenvalue weighted by atomic mass is 9.86. The maximum atomic E-state index is 5.63. The molecule has 1 aliphatic rings. The third-order valence-corrected chi connectivity index (χ3v) is 3.66. The summed E-state index contributed by atoms with van der Waals surface area (Å²) in [6, 6.07) is 1.03. The van der Waals surface area contributed by atoms with E-state index in [2.05, 4.69) is 48.5 Å². The molecule has 2 rings (SSSR count). The average molecular weight is 266 g/mol. The average Bonchev–Trinajstić information content (AvgIpc) is 2.77. The van der Waals surface area contributed by atoms with E-state index < -0.39 is 0 Å². The van der Waals surface area contributed by atoms with E-state index in [0.29, 0.717) is 30.4 Å². The molecule has 108 valence electrons. The number of anilines is 1. The molecule has 5 nitrogen and oxygen atoms in total. The van der Waals surface area contributed by atoms with Crippen molar-refractivity contribution in [2.45, 2.75) is 71.5 Å². The first-order valence-electron chi connectivity index (χ1n) is 7.28. The Morgan fingerprint density at radius 2 is 1.95 bits per heavy atom. The van der Waals surface area contributed by atoms with E-state index in [1.807, 2.05) is 0 Å². The van der Waals surface area contributed by atoms with E-state index in [1.54, 1.807) is 0 Å². The van der Waals surface area contributed by atoms with E-state index in [9.17, 15) is 0 Å². The topological polar surface area (TPSA) is 63.0 Å². The monoisotopic (exact) mass is 266 g/mol. The molecule has 1 heterocycles. The fourth-order valence-electron chi connectivity index (χ4n) is 2.41. The van der Waals surface area contributed by atoms with Gasteiger partial charge in [0.25, 0.3) is 0 Å². The van der Waals surface area contributed by atoms with Crippen LogP contribution in [0, 0.1) is 5.92 Å². The Hall–Kier alpha value is -1.10. The molecule has 1 aromatic heterocycles. The quantitative estimate of drug-likeness (QED) is 0.877. The first-order chi connectivity index (χ1) is 8.94. The predicted octanol–water partition coefficient (Wildman–Crippen LogP) is 2.95. The zero-order valence-corrected chi connectivity index (χ0v) is 12.5. The van der Waals surface area contributed by atoms with Crippen molar-refractivity contribution in [1.29, 1.82) is 0 Å². The van der Waals surface area contributed by atoms with Gasteiger partial charge in [-0.25, -0.2) is 0 Å². The minimum atomic E-state index is 0.0555. The maximum Gasteiger partial charge on any atom is 0.315 e. The van der Waals surface area contributed by atoms with Gasteiger partial charge in [0.15, 0.2) is 0 Å². The number of hydrogen-bond donors (Lipinski definition) is 2. The molecular formula is C14H26N4O. The van der Waals surface area contributed by atoms with Gasteiger partial charge >= 0.3 is 6.01 Å². The Bertz CT molecular complexity index is 396. The predicted molar refractivity (Wildman–Crippen MR) is 75.9 cm³/mol. The zero-order valence-electron chi connectivity index (χ0n) is 12.5. The molecule has 0 bridgehead atoms. The van der Waals surface area contributed by atoms with Crippen molar-refractivity contribution in [3.63, 3.8) is 0 Å². The van der Waals surface area contributed by atoms with Crippen molar-refractivity contribution >= 4 is 6.01 Å². The molecule has 1 saturated carbocycles. The van der Waals surface area contributed by atoms with E-state index in [1.165, 1.54) is 25.7 Å². The Morgan fingerprint density at radius 3 is 2.63 bits per heavy atom. The minimum Gasteiger partial charge on any atom is -0.407 e. The van der Waals surface area contributed by atoms with Gasteiger partial charge in [-0.3, -0.25) is 0 Å². The minimum absolute atomic E-state index is 0.0555. The van der Waals surface area contributed by atoms with Gasteiger partial charge in [-0.05, 0) is 39.5 Å². The molecule has 1 aromatic rings. The number of hydrogen-bond acceptors (Lipinski definition) is 5. The summed E-state index contributed by atoms with van der Waals surface area (Å²) in [5.74, 6) is 1.32. The third-order valence-electron chi connectivity index (χ3n) is 3.66. The normalized spacial score (nSPS) is 24.4. The molecule has 1 aliphatic carbocycles. The van der Waals surface area contributed by atoms with Crippen LogP contribution < -0.4 is 10.6 Å². The molecular weight excluding hydrogens is 240 g/mol. The van der Waals surface area contributed by atoms with Gasteiger partial charge in [-0.1, -0.05) is 24.9 Å². The fraction of sp³-hybridized carbons (Fsp3) is 0.857. The van der Waals surface area contributed by atoms with Crippen LogP contribution in [0.3, 0.4) is 0 Å². The van der Waals surface area contributed by atoms with Crippen LogP contribution in [0.5, 0.6) is 0 Å². The summed E-state index contributed by atoms with van der Waals surface area (Å²) in [7, 11) is 0. The van der Waals surface area contributed by atoms with Crippen molar-refractivity contribution in [1.82, 2.24) is 15.5 Å². The molecule has 2 atom stereocenters. The van der Waals surface area contributed by atoms with Crippen molar-refractivity contribution in [2.24, 2.45) is 5.92 Å². The lowest BCUT2D eigenvalue weighted by Gasteiger charge is -2.28. The summed E-state index contributed by atoms with van der Waals surface area (Å²) >= 11 is 0. The molecule has 0 aromatic carbocycles. The summed E-state index contributed by atoms with van der Waals surface area (Å²) in [6.07, 6.45) is 5.10. The fourth-order valence-corrected chi connectivity index (χ4v) is 2.41. The number of rotatable bonds is 4. The van der Waals surface area contributed by atoms with Gasteiger partial charge in [-0.15, -0.1) is 5.10 Å². The summed E-state index contributed by atoms with van der Waals surface area (Å²) < 4.78 is 5.63. The van der Waals surface area contributed by atoms with Crippen LogP contribution >= 0.6 is 0 Å². The summed E-state index contributed by atoms with van der Waals surface area (Å²) in [4.78, 5) is 0. The lowest BCUT2D eigenvalue weighted by Crippen LogP contribution is -2.35. The van der Waals surface area contributed by atoms with Crippen LogP contribution in [0.15, 0.2) is 4.42 Å². The second-order valence-electron chi connectivity index (χ2n) is 6.62. The second-order valence-corrected chi connectivity index (χ2v) is 6.62. The number of aromatic nitrogens is 2. The van der Waals surface area contributed by atoms with E-state index >= 15 is 0 Å². The summed E-state index contributed by atoms with van der Waals surface area (Å²) in [6.45, 7) is 9.25. The van der Waals surface area contributed by atoms with Gasteiger partial charge in [0.1, 0.15) is 0 Å². The molecule has 2 unspecified atom stereocenters. The van der Waals surface area contributed by atoms with Crippen LogP contribution in [0.2, 0.25) is 0 Å². The van der Waals surface area contributed by atoms with E-state index in [4.69, 9.17) is 4.42 Å². The molecule has 0 radical (unpaired) electrons. The number of nitrogens with one attached hydrogen (secondary N) is 2. The van der Waals surface area contributed by atoms with Crippen molar-refractivity contribution < 1.29 is 4.42 Å². The Morgan fingerprint density at radius 1 is 1.21 bits per heavy atom. The standard InChI is InChI=1S/C14H26N4O/c1-10-7-5-6-8-11(10)16-13-18-17-12(19-13)9-15-14(2,3)4/h10-11,15H,5-9H2,1-4H3,(H,16,18). The zero-order chi connectivity index (χ0) is 13.9. The molecule has 5 heteroatoms. The number of nitrogens with zero attached hydrogens (tertiary/aromatic N) is 2. The molecule has 0 spiro atoms. The molecule has 1 fully saturated rings. The Balaban J connectivity index is 1.86. The molecule has 0 aliphatic heterocycles. The summed E-state index contributed by atoms with van der Waals surface area (Å²) in [5, 5.41) is 14.9. The Kier molecular flexibility index (Phi) is 4.45. The maximum absolute atomic E-state index is 5.63. The van der Waals surface area contributed by atoms with Crippen molar-refractivity contribution in [2.75, 3.05) is 5.32 Å². The van der Waals surface area contributed by atoms with E-state index in [0.717, 1.165) is 0 Å². The lowest BCUT2D eigenvalue weighted by molar-refractivity contribution is 0.339. The highest BCUT2D eigenvalue weighted by Crippen LogP contribution is 2.26. The third kappa shape index (κ3) is 4.49. The Labute approximate surface area is 115 Å². The first kappa shape index (κ1) is 14.3. The van der Waals surface area contributed by atoms with Crippen LogP contribution in [0.4, 0.5) is 6.01 Å². The highest BCUT2D eigenvalue weighted by molar-refractivity contribution is 5.20. The van der Waals surface area contributed by atoms with Crippen LogP contribution in [0.25, 0.3) is 0 Å². The van der Waals surface area contributed by atoms with E-state index in [-0.39, 0.29) is 5.54 Å². The SMILES string of the molecule is CC1CCCCC1Nc1nnc(CNC(C)(C)C)o1. The molecule has 0 amide bonds. The first-order valence-corrected chi connectivity index (χ1v) is 7.28. The van der Waals surface area contributed by atoms with Crippen LogP contribution in [-0.2, 0) is 6.54 Å². The van der Waals surface area contributed by atoms with Crippen LogP contribution in [0.1, 0.15) is 59.3 Å². The van der Waals surface area contributed by atoms with Crippen molar-refractivity contribution in [3.8, 4) is 0 Å². The van der Waals surface area contributed by atoms with Gasteiger partial charge in [0.05, 0.1) is 6.54 Å². The van der Waals surface area contributed by atoms with Gasteiger partial charge in [-0.2, -0.15) is 0 Å². The summed E-state index contributed by atoms with van der Waals surface area (Å²) in [5.41, 5.74) is 0.0555. The van der Waals surface area contributed by atoms with Gasteiger partial charge in [0, 0.05) is 11.6 Å². The molecule has 19 heavy (non-hydrogen) atoms. The van der Waals surface area contributed by atoms with Gasteiger partial charge in [0.2, 0.25) is 5.89 Å². The highest BCUT2D eigenvalue weighted by Gasteiger charge is 2.22. The van der Waals surface area contributed by atoms with Gasteiger partial charge < -0.3 is 15.1 Å². The molecule has 2 N–H and O–H groups in total. The smallest absolute Gasteiger partial charge is 0.315 e.